The molecule has 0 radical (unpaired) electrons. The van der Waals surface area contributed by atoms with E-state index in [0.717, 1.165) is 47.2 Å². The van der Waals surface area contributed by atoms with Crippen LogP contribution in [-0.4, -0.2) is 145 Å². The first kappa shape index (κ1) is 59.4. The molecule has 3 aromatic rings. The molecule has 1 aliphatic rings. The van der Waals surface area contributed by atoms with E-state index in [9.17, 15) is 44.9 Å². The topological polar surface area (TPSA) is 296 Å². The number of nitrogens with one attached hydrogen (secondary N) is 2. The molecule has 4 rings (SSSR count). The number of hydrogen-bond donors (Lipinski definition) is 7. The number of nitro groups is 1. The van der Waals surface area contributed by atoms with E-state index in [2.05, 4.69) is 48.3 Å². The number of amides is 3. The van der Waals surface area contributed by atoms with Crippen molar-refractivity contribution in [1.82, 2.24) is 30.5 Å². The number of aliphatic hydroxyl groups is 4. The van der Waals surface area contributed by atoms with Gasteiger partial charge in [0.25, 0.3) is 5.91 Å². The van der Waals surface area contributed by atoms with E-state index in [1.807, 2.05) is 52.0 Å². The number of ether oxygens (including phenoxy) is 4. The van der Waals surface area contributed by atoms with Crippen LogP contribution in [0.25, 0.3) is 4.91 Å². The van der Waals surface area contributed by atoms with Gasteiger partial charge >= 0.3 is 11.8 Å². The molecule has 2 heterocycles. The summed E-state index contributed by atoms with van der Waals surface area (Å²) in [6.07, 6.45) is -6.10. The van der Waals surface area contributed by atoms with Gasteiger partial charge < -0.3 is 55.7 Å². The third-order valence-corrected chi connectivity index (χ3v) is 14.0. The minimum Gasteiger partial charge on any atom is -0.455 e. The Labute approximate surface area is 426 Å². The van der Waals surface area contributed by atoms with Crippen molar-refractivity contribution in [2.45, 2.75) is 142 Å². The second-order valence-electron chi connectivity index (χ2n) is 20.2. The number of primary amides is 1. The number of hydrogen-bond acceptors (Lipinski definition) is 17. The standard InChI is InChI=1S/C50H76N8O13S/c1-12-21-53-50(13-2,14-3)72-31(6)32-15-17-33(18-16-32)45(64)52-26-48(7,8)28-68-29-49(9,10)27-57-24-35(54-55-57)23-38(71-47(65)56(11)40(30(4)5)44(51)63)34-19-20-37(36(22-34)58(66)67)69-46-43(62)42(61)41(60)39(25-59)70-46/h15-20,22,24,30,38-43,46,53,59-62H,6,12-14,21,23,25-29H2,1-5,7-11H3,(H2,51,63)(H,52,64)/t38?,39?,40-,41?,42?,43?,46?/m0/s1. The van der Waals surface area contributed by atoms with Gasteiger partial charge in [0, 0.05) is 60.1 Å². The number of carbonyl (C=O) groups is 3. The number of carbonyl (C=O) groups excluding carboxylic acids is 3. The van der Waals surface area contributed by atoms with Crippen LogP contribution in [0.2, 0.25) is 0 Å². The van der Waals surface area contributed by atoms with E-state index in [0.29, 0.717) is 37.6 Å². The molecule has 2 aromatic carbocycles. The summed E-state index contributed by atoms with van der Waals surface area (Å²) >= 11 is 1.74. The molecule has 0 bridgehead atoms. The van der Waals surface area contributed by atoms with Crippen molar-refractivity contribution in [3.63, 3.8) is 0 Å². The predicted molar refractivity (Wildman–Crippen MR) is 271 cm³/mol. The molecular weight excluding hydrogens is 953 g/mol. The van der Waals surface area contributed by atoms with Gasteiger partial charge in [-0.3, -0.25) is 29.3 Å². The molecule has 72 heavy (non-hydrogen) atoms. The lowest BCUT2D eigenvalue weighted by atomic mass is 9.93. The summed E-state index contributed by atoms with van der Waals surface area (Å²) in [6, 6.07) is 10.1. The fourth-order valence-corrected chi connectivity index (χ4v) is 9.36. The fraction of sp³-hybridized carbons (Fsp3) is 0.620. The van der Waals surface area contributed by atoms with E-state index >= 15 is 0 Å². The molecule has 3 amide bonds. The Morgan fingerprint density at radius 1 is 1.00 bits per heavy atom. The number of thioether (sulfide) groups is 1. The molecule has 0 spiro atoms. The lowest BCUT2D eigenvalue weighted by Gasteiger charge is -2.39. The second-order valence-corrected chi connectivity index (χ2v) is 21.7. The van der Waals surface area contributed by atoms with Crippen molar-refractivity contribution in [2.75, 3.05) is 40.0 Å². The first-order chi connectivity index (χ1) is 33.8. The quantitative estimate of drug-likeness (QED) is 0.0288. The number of benzene rings is 2. The molecule has 0 saturated carbocycles. The number of nitrogens with two attached hydrogens (primary N) is 1. The second kappa shape index (κ2) is 26.1. The molecular formula is C50H76N8O13S. The molecule has 1 fully saturated rings. The molecule has 400 valence electrons. The van der Waals surface area contributed by atoms with Crippen molar-refractivity contribution in [3.05, 3.63) is 87.7 Å². The van der Waals surface area contributed by atoms with Gasteiger partial charge in [0.15, 0.2) is 5.75 Å². The minimum absolute atomic E-state index is 0.0963. The zero-order chi connectivity index (χ0) is 53.7. The first-order valence-electron chi connectivity index (χ1n) is 24.3. The van der Waals surface area contributed by atoms with E-state index in [4.69, 9.17) is 24.7 Å². The van der Waals surface area contributed by atoms with Crippen LogP contribution in [0.5, 0.6) is 5.75 Å². The highest BCUT2D eigenvalue weighted by atomic mass is 32.2. The van der Waals surface area contributed by atoms with Crippen LogP contribution >= 0.6 is 11.8 Å². The van der Waals surface area contributed by atoms with Crippen molar-refractivity contribution in [3.8, 4) is 5.75 Å². The van der Waals surface area contributed by atoms with Crippen molar-refractivity contribution in [1.29, 1.82) is 0 Å². The Bertz CT molecular complexity index is 2290. The highest BCUT2D eigenvalue weighted by Crippen LogP contribution is 2.40. The zero-order valence-electron chi connectivity index (χ0n) is 43.2. The largest absolute Gasteiger partial charge is 0.455 e. The summed E-state index contributed by atoms with van der Waals surface area (Å²) in [5.41, 5.74) is 6.07. The number of aromatic nitrogens is 3. The number of nitrogens with zero attached hydrogens (tertiary/aromatic N) is 5. The van der Waals surface area contributed by atoms with Gasteiger partial charge in [-0.15, -0.1) is 16.9 Å². The molecule has 1 aliphatic heterocycles. The number of likely N-dealkylation sites (N-methyl/N-ethyl adjacent to an activating group) is 1. The van der Waals surface area contributed by atoms with Gasteiger partial charge in [0.05, 0.1) is 35.3 Å². The summed E-state index contributed by atoms with van der Waals surface area (Å²) in [6.45, 7) is 23.8. The molecule has 1 saturated heterocycles. The van der Waals surface area contributed by atoms with Gasteiger partial charge in [0.2, 0.25) is 12.2 Å². The van der Waals surface area contributed by atoms with Crippen molar-refractivity contribution in [2.24, 2.45) is 22.5 Å². The van der Waals surface area contributed by atoms with E-state index in [1.54, 1.807) is 36.5 Å². The van der Waals surface area contributed by atoms with Crippen LogP contribution in [0, 0.1) is 26.9 Å². The first-order valence-corrected chi connectivity index (χ1v) is 25.1. The predicted octanol–water partition coefficient (Wildman–Crippen LogP) is 4.95. The molecule has 8 N–H and O–H groups in total. The summed E-state index contributed by atoms with van der Waals surface area (Å²) in [4.78, 5) is 52.7. The van der Waals surface area contributed by atoms with Gasteiger partial charge in [-0.1, -0.05) is 92.3 Å². The summed E-state index contributed by atoms with van der Waals surface area (Å²) in [5, 5.41) is 68.3. The Morgan fingerprint density at radius 2 is 1.64 bits per heavy atom. The Balaban J connectivity index is 1.42. The van der Waals surface area contributed by atoms with Crippen LogP contribution in [0.1, 0.15) is 115 Å². The Hall–Kier alpha value is -5.20. The lowest BCUT2D eigenvalue weighted by Crippen LogP contribution is -2.60. The molecule has 1 aromatic heterocycles. The van der Waals surface area contributed by atoms with Crippen molar-refractivity contribution < 1.29 is 58.7 Å². The maximum absolute atomic E-state index is 13.6. The van der Waals surface area contributed by atoms with Crippen LogP contribution in [-0.2, 0) is 32.0 Å². The SMILES string of the molecule is C=C(SC(CC)(CC)NCCC)c1ccc(C(=O)NCC(C)(C)COCC(C)(C)Cn2cc(CC(OC(=O)N(C)[C@H](C(N)=O)C(C)C)c3ccc(OC4OC(CO)C(O)C(O)C4O)c([N+](=O)[O-])c3)nn2)cc1. The van der Waals surface area contributed by atoms with E-state index < -0.39 is 88.6 Å². The van der Waals surface area contributed by atoms with E-state index in [1.165, 1.54) is 19.2 Å². The number of nitro benzene ring substituents is 1. The van der Waals surface area contributed by atoms with Crippen molar-refractivity contribution >= 4 is 40.3 Å². The highest BCUT2D eigenvalue weighted by molar-refractivity contribution is 8.09. The fourth-order valence-electron chi connectivity index (χ4n) is 8.17. The Morgan fingerprint density at radius 3 is 2.22 bits per heavy atom. The molecule has 6 unspecified atom stereocenters. The van der Waals surface area contributed by atoms with Crippen LogP contribution < -0.4 is 21.1 Å². The lowest BCUT2D eigenvalue weighted by molar-refractivity contribution is -0.387. The average molecular weight is 1030 g/mol. The maximum Gasteiger partial charge on any atom is 0.410 e. The normalized spacial score (nSPS) is 19.3. The minimum atomic E-state index is -1.84. The number of rotatable bonds is 28. The third-order valence-electron chi connectivity index (χ3n) is 12.4. The molecule has 21 nitrogen and oxygen atoms in total. The average Bonchev–Trinajstić information content (AvgIpc) is 3.76. The third kappa shape index (κ3) is 16.1. The summed E-state index contributed by atoms with van der Waals surface area (Å²) in [7, 11) is 1.35. The monoisotopic (exact) mass is 1030 g/mol. The molecule has 0 aliphatic carbocycles. The number of aliphatic hydroxyl groups excluding tert-OH is 4. The zero-order valence-corrected chi connectivity index (χ0v) is 44.0. The van der Waals surface area contributed by atoms with Crippen LogP contribution in [0.4, 0.5) is 10.5 Å². The van der Waals surface area contributed by atoms with Gasteiger partial charge in [-0.2, -0.15) is 0 Å². The Kier molecular flexibility index (Phi) is 21.6. The highest BCUT2D eigenvalue weighted by Gasteiger charge is 2.45. The van der Waals surface area contributed by atoms with E-state index in [-0.39, 0.29) is 28.7 Å². The smallest absolute Gasteiger partial charge is 0.410 e. The summed E-state index contributed by atoms with van der Waals surface area (Å²) in [5.74, 6) is -1.75. The molecule has 7 atom stereocenters. The van der Waals surface area contributed by atoms with Crippen LogP contribution in [0.15, 0.2) is 55.2 Å². The van der Waals surface area contributed by atoms with Gasteiger partial charge in [-0.05, 0) is 61.1 Å². The summed E-state index contributed by atoms with van der Waals surface area (Å²) < 4.78 is 24.7. The maximum atomic E-state index is 13.6. The van der Waals surface area contributed by atoms with Gasteiger partial charge in [-0.25, -0.2) is 4.79 Å². The van der Waals surface area contributed by atoms with Gasteiger partial charge in [0.1, 0.15) is 36.6 Å². The molecule has 22 heteroatoms. The van der Waals surface area contributed by atoms with Crippen LogP contribution in [0.3, 0.4) is 0 Å².